The molecule has 4 N–H and O–H groups in total. The second kappa shape index (κ2) is 9.41. The minimum absolute atomic E-state index is 0.0165. The fraction of sp³-hybridized carbons (Fsp3) is 0.593. The Morgan fingerprint density at radius 1 is 1.14 bits per heavy atom. The third-order valence-corrected chi connectivity index (χ3v) is 11.1. The van der Waals surface area contributed by atoms with Crippen molar-refractivity contribution >= 4 is 27.8 Å². The molecule has 0 bridgehead atoms. The van der Waals surface area contributed by atoms with Crippen molar-refractivity contribution < 1.29 is 14.7 Å². The zero-order valence-electron chi connectivity index (χ0n) is 22.5. The largest absolute Gasteiger partial charge is 0.386 e. The molecule has 1 fully saturated rings. The summed E-state index contributed by atoms with van der Waals surface area (Å²) in [5.41, 5.74) is 1.77. The van der Waals surface area contributed by atoms with Gasteiger partial charge in [0.25, 0.3) is 0 Å². The molecule has 0 radical (unpaired) electrons. The third-order valence-electron chi connectivity index (χ3n) is 8.18. The SMILES string of the molecule is CC(C)C(NC(=O)N1Cc2c(NC(=O)C3(S(C)(C)C)CCC3)n[nH]c2C1(C)C)C(O)c1ccccc1. The molecule has 2 unspecified atom stereocenters. The maximum absolute atomic E-state index is 13.5. The highest BCUT2D eigenvalue weighted by Gasteiger charge is 2.51. The second-order valence-corrected chi connectivity index (χ2v) is 16.2. The molecule has 8 nitrogen and oxygen atoms in total. The van der Waals surface area contributed by atoms with Crippen molar-refractivity contribution in [3.63, 3.8) is 0 Å². The van der Waals surface area contributed by atoms with E-state index < -0.39 is 27.7 Å². The number of anilines is 1. The van der Waals surface area contributed by atoms with Gasteiger partial charge in [0.05, 0.1) is 34.7 Å². The van der Waals surface area contributed by atoms with E-state index in [9.17, 15) is 14.7 Å². The van der Waals surface area contributed by atoms with E-state index in [0.29, 0.717) is 12.4 Å². The summed E-state index contributed by atoms with van der Waals surface area (Å²) in [5.74, 6) is 0.568. The second-order valence-electron chi connectivity index (χ2n) is 11.8. The van der Waals surface area contributed by atoms with Gasteiger partial charge in [-0.25, -0.2) is 14.8 Å². The van der Waals surface area contributed by atoms with Gasteiger partial charge in [0.2, 0.25) is 5.91 Å². The highest BCUT2D eigenvalue weighted by molar-refractivity contribution is 8.33. The summed E-state index contributed by atoms with van der Waals surface area (Å²) in [6.45, 7) is 8.22. The van der Waals surface area contributed by atoms with Crippen molar-refractivity contribution in [1.29, 1.82) is 0 Å². The van der Waals surface area contributed by atoms with Crippen LogP contribution >= 0.6 is 10.0 Å². The van der Waals surface area contributed by atoms with Crippen LogP contribution in [0.4, 0.5) is 10.6 Å². The first-order valence-electron chi connectivity index (χ1n) is 12.7. The molecule has 1 saturated carbocycles. The lowest BCUT2D eigenvalue weighted by Crippen LogP contribution is -2.52. The quantitative estimate of drug-likeness (QED) is 0.436. The van der Waals surface area contributed by atoms with Crippen molar-refractivity contribution in [3.05, 3.63) is 47.2 Å². The van der Waals surface area contributed by atoms with Crippen LogP contribution in [-0.4, -0.2) is 61.7 Å². The lowest BCUT2D eigenvalue weighted by molar-refractivity contribution is -0.120. The van der Waals surface area contributed by atoms with Gasteiger partial charge in [0, 0.05) is 5.56 Å². The summed E-state index contributed by atoms with van der Waals surface area (Å²) in [4.78, 5) is 28.7. The standard InChI is InChI=1S/C27H41N5O3S/c1-17(2)20(21(33)18-12-9-8-10-13-18)28-25(35)32-16-19-22(26(32,3)4)30-31-23(19)29-24(34)27(14-11-15-27)36(5,6)7/h8-10,12-13,17,20-21,33H,11,14-16H2,1-7H3,(H,28,35)(H2,29,30,31,34). The minimum Gasteiger partial charge on any atom is -0.386 e. The van der Waals surface area contributed by atoms with Gasteiger partial charge in [-0.05, 0) is 63.4 Å². The Bertz CT molecular complexity index is 1120. The Labute approximate surface area is 215 Å². The van der Waals surface area contributed by atoms with E-state index in [0.717, 1.165) is 36.1 Å². The zero-order chi connectivity index (χ0) is 26.5. The third kappa shape index (κ3) is 4.41. The molecule has 1 aliphatic carbocycles. The normalized spacial score (nSPS) is 20.3. The Balaban J connectivity index is 1.52. The first-order chi connectivity index (χ1) is 16.8. The number of nitrogens with zero attached hydrogens (tertiary/aromatic N) is 2. The molecular formula is C27H41N5O3S. The number of carbonyl (C=O) groups is 2. The van der Waals surface area contributed by atoms with Gasteiger partial charge in [0.1, 0.15) is 0 Å². The van der Waals surface area contributed by atoms with E-state index >= 15 is 0 Å². The van der Waals surface area contributed by atoms with E-state index in [-0.39, 0.29) is 22.6 Å². The van der Waals surface area contributed by atoms with Crippen LogP contribution in [0.2, 0.25) is 0 Å². The van der Waals surface area contributed by atoms with Crippen molar-refractivity contribution in [1.82, 2.24) is 20.4 Å². The Kier molecular flexibility index (Phi) is 6.94. The molecular weight excluding hydrogens is 474 g/mol. The van der Waals surface area contributed by atoms with Gasteiger partial charge in [-0.1, -0.05) is 44.2 Å². The van der Waals surface area contributed by atoms with Crippen LogP contribution in [0.1, 0.15) is 69.9 Å². The Morgan fingerprint density at radius 2 is 1.78 bits per heavy atom. The number of nitrogens with one attached hydrogen (secondary N) is 3. The molecule has 9 heteroatoms. The number of carbonyl (C=O) groups excluding carboxylic acids is 2. The highest BCUT2D eigenvalue weighted by atomic mass is 32.3. The number of aliphatic hydroxyl groups is 1. The van der Waals surface area contributed by atoms with Crippen LogP contribution in [0.5, 0.6) is 0 Å². The average Bonchev–Trinajstić information content (AvgIpc) is 3.28. The number of amides is 3. The predicted octanol–water partition coefficient (Wildman–Crippen LogP) is 4.48. The summed E-state index contributed by atoms with van der Waals surface area (Å²) in [5, 5.41) is 24.7. The van der Waals surface area contributed by atoms with Gasteiger partial charge in [-0.3, -0.25) is 9.89 Å². The summed E-state index contributed by atoms with van der Waals surface area (Å²) in [6, 6.07) is 8.68. The summed E-state index contributed by atoms with van der Waals surface area (Å²) < 4.78 is -0.317. The first kappa shape index (κ1) is 26.5. The van der Waals surface area contributed by atoms with Crippen LogP contribution in [-0.2, 0) is 16.9 Å². The lowest BCUT2D eigenvalue weighted by Gasteiger charge is -2.53. The van der Waals surface area contributed by atoms with Crippen molar-refractivity contribution in [2.45, 2.75) is 75.9 Å². The number of aromatic nitrogens is 2. The van der Waals surface area contributed by atoms with Gasteiger partial charge in [-0.15, -0.1) is 0 Å². The number of hydrogen-bond acceptors (Lipinski definition) is 4. The number of aromatic amines is 1. The Morgan fingerprint density at radius 3 is 2.31 bits per heavy atom. The summed E-state index contributed by atoms with van der Waals surface area (Å²) in [7, 11) is -1.09. The first-order valence-corrected chi connectivity index (χ1v) is 15.5. The number of benzene rings is 1. The van der Waals surface area contributed by atoms with E-state index in [1.165, 1.54) is 0 Å². The molecule has 2 aromatic rings. The average molecular weight is 516 g/mol. The van der Waals surface area contributed by atoms with Gasteiger partial charge in [0.15, 0.2) is 5.82 Å². The number of fused-ring (bicyclic) bond motifs is 1. The van der Waals surface area contributed by atoms with Crippen molar-refractivity contribution in [2.24, 2.45) is 5.92 Å². The molecule has 2 aliphatic rings. The number of H-pyrrole nitrogens is 1. The molecule has 36 heavy (non-hydrogen) atoms. The van der Waals surface area contributed by atoms with Crippen LogP contribution in [0, 0.1) is 5.92 Å². The number of urea groups is 1. The smallest absolute Gasteiger partial charge is 0.318 e. The molecule has 1 aromatic carbocycles. The molecule has 1 aromatic heterocycles. The number of rotatable bonds is 7. The molecule has 4 rings (SSSR count). The van der Waals surface area contributed by atoms with E-state index in [4.69, 9.17) is 0 Å². The molecule has 3 amide bonds. The van der Waals surface area contributed by atoms with Gasteiger partial charge in [-0.2, -0.15) is 5.10 Å². The van der Waals surface area contributed by atoms with Crippen LogP contribution in [0.15, 0.2) is 30.3 Å². The van der Waals surface area contributed by atoms with Gasteiger partial charge >= 0.3 is 6.03 Å². The van der Waals surface area contributed by atoms with Crippen LogP contribution in [0.25, 0.3) is 0 Å². The maximum Gasteiger partial charge on any atom is 0.318 e. The van der Waals surface area contributed by atoms with Crippen molar-refractivity contribution in [2.75, 3.05) is 24.1 Å². The van der Waals surface area contributed by atoms with Gasteiger partial charge < -0.3 is 20.6 Å². The van der Waals surface area contributed by atoms with Crippen molar-refractivity contribution in [3.8, 4) is 0 Å². The monoisotopic (exact) mass is 515 g/mol. The topological polar surface area (TPSA) is 110 Å². The molecule has 1 aliphatic heterocycles. The lowest BCUT2D eigenvalue weighted by atomic mass is 9.83. The molecule has 0 saturated heterocycles. The Hall–Kier alpha value is -2.52. The molecule has 198 valence electrons. The highest BCUT2D eigenvalue weighted by Crippen LogP contribution is 2.60. The molecule has 2 heterocycles. The molecule has 0 spiro atoms. The predicted molar refractivity (Wildman–Crippen MR) is 146 cm³/mol. The van der Waals surface area contributed by atoms with Crippen LogP contribution < -0.4 is 10.6 Å². The maximum atomic E-state index is 13.5. The summed E-state index contributed by atoms with van der Waals surface area (Å²) in [6.07, 6.45) is 8.66. The fourth-order valence-electron chi connectivity index (χ4n) is 5.47. The zero-order valence-corrected chi connectivity index (χ0v) is 23.3. The van der Waals surface area contributed by atoms with E-state index in [2.05, 4.69) is 39.6 Å². The van der Waals surface area contributed by atoms with E-state index in [1.54, 1.807) is 4.90 Å². The number of hydrogen-bond donors (Lipinski definition) is 4. The minimum atomic E-state index is -1.09. The van der Waals surface area contributed by atoms with Crippen LogP contribution in [0.3, 0.4) is 0 Å². The number of aliphatic hydroxyl groups excluding tert-OH is 1. The fourth-order valence-corrected chi connectivity index (χ4v) is 7.59. The van der Waals surface area contributed by atoms with E-state index in [1.807, 2.05) is 58.0 Å². The molecule has 2 atom stereocenters. The summed E-state index contributed by atoms with van der Waals surface area (Å²) >= 11 is 0.